The van der Waals surface area contributed by atoms with Crippen molar-refractivity contribution in [1.82, 2.24) is 4.98 Å². The zero-order chi connectivity index (χ0) is 9.97. The number of aromatic nitrogens is 1. The highest BCUT2D eigenvalue weighted by Crippen LogP contribution is 2.23. The fourth-order valence-electron chi connectivity index (χ4n) is 1.51. The van der Waals surface area contributed by atoms with Gasteiger partial charge >= 0.3 is 0 Å². The second kappa shape index (κ2) is 4.05. The summed E-state index contributed by atoms with van der Waals surface area (Å²) in [4.78, 5) is 2.98. The zero-order valence-corrected chi connectivity index (χ0v) is 8.83. The first-order chi connectivity index (χ1) is 6.83. The van der Waals surface area contributed by atoms with Gasteiger partial charge < -0.3 is 4.98 Å². The Morgan fingerprint density at radius 2 is 2.29 bits per heavy atom. The molecule has 0 bridgehead atoms. The summed E-state index contributed by atoms with van der Waals surface area (Å²) in [6.07, 6.45) is 1.90. The van der Waals surface area contributed by atoms with Crippen molar-refractivity contribution in [1.29, 1.82) is 0 Å². The van der Waals surface area contributed by atoms with Crippen LogP contribution in [0.2, 0.25) is 0 Å². The molecule has 0 amide bonds. The van der Waals surface area contributed by atoms with E-state index in [4.69, 9.17) is 0 Å². The fourth-order valence-corrected chi connectivity index (χ4v) is 2.17. The first kappa shape index (κ1) is 9.59. The smallest absolute Gasteiger partial charge is 0.147 e. The van der Waals surface area contributed by atoms with Gasteiger partial charge in [-0.05, 0) is 17.4 Å². The largest absolute Gasteiger partial charge is 0.358 e. The Kier molecular flexibility index (Phi) is 2.77. The normalized spacial score (nSPS) is 11.0. The molecule has 0 unspecified atom stereocenters. The number of H-pyrrole nitrogens is 1. The Morgan fingerprint density at radius 1 is 1.43 bits per heavy atom. The summed E-state index contributed by atoms with van der Waals surface area (Å²) in [5.74, 6) is 1.86. The Balaban J connectivity index is 2.42. The van der Waals surface area contributed by atoms with E-state index in [1.807, 2.05) is 24.0 Å². The summed E-state index contributed by atoms with van der Waals surface area (Å²) in [7, 11) is 0. The van der Waals surface area contributed by atoms with E-state index in [-0.39, 0.29) is 5.82 Å². The van der Waals surface area contributed by atoms with E-state index >= 15 is 0 Å². The van der Waals surface area contributed by atoms with E-state index in [2.05, 4.69) is 11.9 Å². The molecule has 1 aromatic heterocycles. The zero-order valence-electron chi connectivity index (χ0n) is 8.01. The van der Waals surface area contributed by atoms with Crippen molar-refractivity contribution in [2.75, 3.05) is 5.75 Å². The standard InChI is InChI=1S/C11H12FNS/c1-2-14-7-8-6-13-11-9(8)4-3-5-10(11)12/h3-6,13H,2,7H2,1H3. The monoisotopic (exact) mass is 209 g/mol. The van der Waals surface area contributed by atoms with Crippen LogP contribution in [-0.2, 0) is 5.75 Å². The van der Waals surface area contributed by atoms with Crippen molar-refractivity contribution >= 4 is 22.7 Å². The molecule has 0 saturated heterocycles. The molecule has 2 rings (SSSR count). The Morgan fingerprint density at radius 3 is 3.07 bits per heavy atom. The lowest BCUT2D eigenvalue weighted by molar-refractivity contribution is 0.637. The van der Waals surface area contributed by atoms with Crippen LogP contribution in [0.15, 0.2) is 24.4 Å². The molecule has 1 aromatic carbocycles. The molecule has 0 radical (unpaired) electrons. The van der Waals surface area contributed by atoms with Gasteiger partial charge in [-0.1, -0.05) is 19.1 Å². The van der Waals surface area contributed by atoms with Crippen LogP contribution in [0.3, 0.4) is 0 Å². The van der Waals surface area contributed by atoms with E-state index < -0.39 is 0 Å². The summed E-state index contributed by atoms with van der Waals surface area (Å²) in [6, 6.07) is 5.20. The number of hydrogen-bond acceptors (Lipinski definition) is 1. The molecule has 0 aliphatic rings. The van der Waals surface area contributed by atoms with Crippen LogP contribution in [0, 0.1) is 5.82 Å². The molecule has 2 aromatic rings. The first-order valence-corrected chi connectivity index (χ1v) is 5.80. The summed E-state index contributed by atoms with van der Waals surface area (Å²) in [5, 5.41) is 1.01. The van der Waals surface area contributed by atoms with Crippen molar-refractivity contribution in [2.45, 2.75) is 12.7 Å². The molecule has 1 N–H and O–H groups in total. The fraction of sp³-hybridized carbons (Fsp3) is 0.273. The topological polar surface area (TPSA) is 15.8 Å². The number of nitrogens with one attached hydrogen (secondary N) is 1. The van der Waals surface area contributed by atoms with Gasteiger partial charge in [-0.15, -0.1) is 0 Å². The molecule has 1 heterocycles. The summed E-state index contributed by atoms with van der Waals surface area (Å²) in [5.41, 5.74) is 1.81. The number of fused-ring (bicyclic) bond motifs is 1. The van der Waals surface area contributed by atoms with Crippen LogP contribution in [0.4, 0.5) is 4.39 Å². The molecule has 0 atom stereocenters. The van der Waals surface area contributed by atoms with Gasteiger partial charge in [0.1, 0.15) is 5.82 Å². The summed E-state index contributed by atoms with van der Waals surface area (Å²) in [6.45, 7) is 2.13. The van der Waals surface area contributed by atoms with Crippen molar-refractivity contribution in [3.8, 4) is 0 Å². The minimum absolute atomic E-state index is 0.171. The van der Waals surface area contributed by atoms with Crippen LogP contribution < -0.4 is 0 Å². The van der Waals surface area contributed by atoms with Crippen LogP contribution in [-0.4, -0.2) is 10.7 Å². The van der Waals surface area contributed by atoms with Gasteiger partial charge in [-0.3, -0.25) is 0 Å². The molecule has 0 aliphatic carbocycles. The number of aromatic amines is 1. The van der Waals surface area contributed by atoms with E-state index in [1.54, 1.807) is 6.07 Å². The SMILES string of the molecule is CCSCc1c[nH]c2c(F)cccc12. The molecule has 1 nitrogen and oxygen atoms in total. The molecule has 14 heavy (non-hydrogen) atoms. The first-order valence-electron chi connectivity index (χ1n) is 4.65. The number of rotatable bonds is 3. The third-order valence-electron chi connectivity index (χ3n) is 2.21. The van der Waals surface area contributed by atoms with Crippen LogP contribution >= 0.6 is 11.8 Å². The average molecular weight is 209 g/mol. The van der Waals surface area contributed by atoms with Gasteiger partial charge in [0.2, 0.25) is 0 Å². The molecular formula is C11H12FNS. The Bertz CT molecular complexity index is 436. The molecule has 3 heteroatoms. The van der Waals surface area contributed by atoms with Gasteiger partial charge in [-0.25, -0.2) is 4.39 Å². The number of para-hydroxylation sites is 1. The molecule has 0 aliphatic heterocycles. The van der Waals surface area contributed by atoms with Crippen LogP contribution in [0.1, 0.15) is 12.5 Å². The molecular weight excluding hydrogens is 197 g/mol. The van der Waals surface area contributed by atoms with Gasteiger partial charge in [0.15, 0.2) is 0 Å². The predicted molar refractivity (Wildman–Crippen MR) is 60.1 cm³/mol. The van der Waals surface area contributed by atoms with E-state index in [0.29, 0.717) is 5.52 Å². The third kappa shape index (κ3) is 1.64. The van der Waals surface area contributed by atoms with Crippen molar-refractivity contribution in [3.63, 3.8) is 0 Å². The van der Waals surface area contributed by atoms with Crippen LogP contribution in [0.25, 0.3) is 10.9 Å². The minimum atomic E-state index is -0.171. The van der Waals surface area contributed by atoms with E-state index in [0.717, 1.165) is 16.9 Å². The molecule has 0 fully saturated rings. The third-order valence-corrected chi connectivity index (χ3v) is 3.14. The highest BCUT2D eigenvalue weighted by atomic mass is 32.2. The molecule has 74 valence electrons. The maximum Gasteiger partial charge on any atom is 0.147 e. The van der Waals surface area contributed by atoms with Gasteiger partial charge in [0.05, 0.1) is 5.52 Å². The second-order valence-corrected chi connectivity index (χ2v) is 4.39. The highest BCUT2D eigenvalue weighted by Gasteiger charge is 2.06. The number of thioether (sulfide) groups is 1. The second-order valence-electron chi connectivity index (χ2n) is 3.11. The van der Waals surface area contributed by atoms with E-state index in [1.165, 1.54) is 11.6 Å². The summed E-state index contributed by atoms with van der Waals surface area (Å²) >= 11 is 1.84. The number of halogens is 1. The minimum Gasteiger partial charge on any atom is -0.358 e. The highest BCUT2D eigenvalue weighted by molar-refractivity contribution is 7.98. The molecule has 0 saturated carbocycles. The van der Waals surface area contributed by atoms with Crippen molar-refractivity contribution < 1.29 is 4.39 Å². The quantitative estimate of drug-likeness (QED) is 0.817. The predicted octanol–water partition coefficient (Wildman–Crippen LogP) is 3.56. The van der Waals surface area contributed by atoms with E-state index in [9.17, 15) is 4.39 Å². The van der Waals surface area contributed by atoms with Gasteiger partial charge in [0.25, 0.3) is 0 Å². The van der Waals surface area contributed by atoms with Gasteiger partial charge in [-0.2, -0.15) is 11.8 Å². The van der Waals surface area contributed by atoms with Crippen molar-refractivity contribution in [3.05, 3.63) is 35.8 Å². The Hall–Kier alpha value is -0.960. The average Bonchev–Trinajstić information content (AvgIpc) is 2.60. The maximum absolute atomic E-state index is 13.3. The lowest BCUT2D eigenvalue weighted by Gasteiger charge is -1.97. The lowest BCUT2D eigenvalue weighted by atomic mass is 10.2. The van der Waals surface area contributed by atoms with Crippen molar-refractivity contribution in [2.24, 2.45) is 0 Å². The Labute approximate surface area is 86.7 Å². The number of hydrogen-bond donors (Lipinski definition) is 1. The van der Waals surface area contributed by atoms with Gasteiger partial charge in [0, 0.05) is 17.3 Å². The van der Waals surface area contributed by atoms with Crippen LogP contribution in [0.5, 0.6) is 0 Å². The number of benzene rings is 1. The lowest BCUT2D eigenvalue weighted by Crippen LogP contribution is -1.79. The maximum atomic E-state index is 13.3. The molecule has 0 spiro atoms. The summed E-state index contributed by atoms with van der Waals surface area (Å²) < 4.78 is 13.3.